The van der Waals surface area contributed by atoms with E-state index in [0.717, 1.165) is 25.7 Å². The smallest absolute Gasteiger partial charge is 0.329 e. The minimum Gasteiger partial charge on any atom is -0.480 e. The predicted octanol–water partition coefficient (Wildman–Crippen LogP) is 2.74. The molecule has 0 bridgehead atoms. The van der Waals surface area contributed by atoms with Gasteiger partial charge in [-0.15, -0.1) is 0 Å². The lowest BCUT2D eigenvalue weighted by molar-refractivity contribution is -0.407. The highest BCUT2D eigenvalue weighted by molar-refractivity contribution is 5.74. The van der Waals surface area contributed by atoms with Gasteiger partial charge in [0.1, 0.15) is 17.8 Å². The lowest BCUT2D eigenvalue weighted by Crippen LogP contribution is -2.67. The maximum absolute atomic E-state index is 12.0. The number of rotatable bonds is 3. The molecule has 12 nitrogen and oxygen atoms in total. The molecule has 2 aliphatic carbocycles. The molecule has 0 aromatic rings. The molecule has 0 spiro atoms. The molecule has 5 unspecified atom stereocenters. The van der Waals surface area contributed by atoms with E-state index in [0.29, 0.717) is 37.5 Å². The average Bonchev–Trinajstić information content (AvgIpc) is 3.09. The molecule has 0 radical (unpaired) electrons. The van der Waals surface area contributed by atoms with Gasteiger partial charge in [0.2, 0.25) is 6.29 Å². The monoisotopic (exact) mass is 628 g/mol. The van der Waals surface area contributed by atoms with Gasteiger partial charge in [-0.2, -0.15) is 0 Å². The van der Waals surface area contributed by atoms with Crippen LogP contribution in [0.3, 0.4) is 0 Å². The molecule has 2 saturated carbocycles. The van der Waals surface area contributed by atoms with Gasteiger partial charge in [-0.1, -0.05) is 27.7 Å². The molecule has 5 N–H and O–H groups in total. The van der Waals surface area contributed by atoms with Gasteiger partial charge in [-0.3, -0.25) is 4.79 Å². The Kier molecular flexibility index (Phi) is 9.27. The Morgan fingerprint density at radius 2 is 1.27 bits per heavy atom. The van der Waals surface area contributed by atoms with Gasteiger partial charge < -0.3 is 49.2 Å². The van der Waals surface area contributed by atoms with E-state index in [9.17, 15) is 30.0 Å². The second-order valence-electron chi connectivity index (χ2n) is 14.9. The van der Waals surface area contributed by atoms with Crippen LogP contribution in [0.5, 0.6) is 0 Å². The number of aliphatic hydroxyl groups is 4. The molecule has 6 fully saturated rings. The Bertz CT molecular complexity index is 1080. The first-order valence-electron chi connectivity index (χ1n) is 16.3. The number of ether oxygens (including phenoxy) is 5. The summed E-state index contributed by atoms with van der Waals surface area (Å²) in [6.45, 7) is 10.6. The highest BCUT2D eigenvalue weighted by Crippen LogP contribution is 2.56. The fourth-order valence-corrected chi connectivity index (χ4v) is 9.30. The molecule has 0 amide bonds. The van der Waals surface area contributed by atoms with Crippen LogP contribution in [0.15, 0.2) is 0 Å². The van der Waals surface area contributed by atoms with Crippen molar-refractivity contribution in [2.75, 3.05) is 6.61 Å². The van der Waals surface area contributed by atoms with Crippen LogP contribution in [0, 0.1) is 47.3 Å². The predicted molar refractivity (Wildman–Crippen MR) is 153 cm³/mol. The van der Waals surface area contributed by atoms with Crippen molar-refractivity contribution in [3.63, 3.8) is 0 Å². The van der Waals surface area contributed by atoms with E-state index in [4.69, 9.17) is 28.8 Å². The summed E-state index contributed by atoms with van der Waals surface area (Å²) in [7, 11) is 0. The van der Waals surface area contributed by atoms with Crippen LogP contribution >= 0.6 is 0 Å². The number of hydrogen-bond donors (Lipinski definition) is 5. The molecule has 0 aromatic carbocycles. The zero-order chi connectivity index (χ0) is 32.4. The van der Waals surface area contributed by atoms with Crippen LogP contribution in [-0.2, 0) is 33.3 Å². The Balaban J connectivity index is 0.000000177. The third-order valence-electron chi connectivity index (χ3n) is 11.8. The van der Waals surface area contributed by atoms with Crippen molar-refractivity contribution in [1.29, 1.82) is 0 Å². The van der Waals surface area contributed by atoms with E-state index >= 15 is 0 Å². The van der Waals surface area contributed by atoms with Gasteiger partial charge >= 0.3 is 11.9 Å². The molecule has 6 rings (SSSR count). The fourth-order valence-electron chi connectivity index (χ4n) is 9.30. The first-order valence-corrected chi connectivity index (χ1v) is 16.3. The summed E-state index contributed by atoms with van der Waals surface area (Å²) in [6, 6.07) is 0. The highest BCUT2D eigenvalue weighted by atomic mass is 16.8. The lowest BCUT2D eigenvalue weighted by Gasteiger charge is -2.57. The second kappa shape index (κ2) is 12.0. The van der Waals surface area contributed by atoms with Crippen LogP contribution in [0.25, 0.3) is 0 Å². The molecule has 252 valence electrons. The number of carbonyl (C=O) groups excluding carboxylic acids is 1. The van der Waals surface area contributed by atoms with E-state index in [-0.39, 0.29) is 41.5 Å². The van der Waals surface area contributed by atoms with E-state index < -0.39 is 54.2 Å². The lowest BCUT2D eigenvalue weighted by atomic mass is 9.58. The fraction of sp³-hybridized carbons (Fsp3) is 0.938. The van der Waals surface area contributed by atoms with Crippen molar-refractivity contribution < 1.29 is 58.8 Å². The normalized spacial score (nSPS) is 53.4. The van der Waals surface area contributed by atoms with Gasteiger partial charge in [0, 0.05) is 30.6 Å². The summed E-state index contributed by atoms with van der Waals surface area (Å²) in [5, 5.41) is 52.4. The summed E-state index contributed by atoms with van der Waals surface area (Å²) in [5.41, 5.74) is -2.37. The quantitative estimate of drug-likeness (QED) is 0.289. The minimum atomic E-state index is -1.39. The summed E-state index contributed by atoms with van der Waals surface area (Å²) in [6.07, 6.45) is 2.91. The maximum atomic E-state index is 12.0. The molecule has 4 saturated heterocycles. The highest BCUT2D eigenvalue weighted by Gasteiger charge is 2.65. The Morgan fingerprint density at radius 3 is 1.82 bits per heavy atom. The van der Waals surface area contributed by atoms with Crippen molar-refractivity contribution in [2.24, 2.45) is 47.3 Å². The Morgan fingerprint density at radius 1 is 0.773 bits per heavy atom. The first kappa shape index (κ1) is 34.0. The van der Waals surface area contributed by atoms with Crippen molar-refractivity contribution in [1.82, 2.24) is 0 Å². The summed E-state index contributed by atoms with van der Waals surface area (Å²) in [5.74, 6) is -4.30. The molecule has 6 aliphatic rings. The van der Waals surface area contributed by atoms with Gasteiger partial charge in [0.25, 0.3) is 0 Å². The van der Waals surface area contributed by atoms with Crippen molar-refractivity contribution in [3.05, 3.63) is 0 Å². The first-order chi connectivity index (χ1) is 20.4. The van der Waals surface area contributed by atoms with E-state index in [1.165, 1.54) is 0 Å². The second-order valence-corrected chi connectivity index (χ2v) is 14.9. The molecule has 12 heteroatoms. The van der Waals surface area contributed by atoms with Crippen LogP contribution in [0.4, 0.5) is 0 Å². The number of carbonyl (C=O) groups is 2. The molecular formula is C32H52O12. The molecule has 4 aliphatic heterocycles. The van der Waals surface area contributed by atoms with E-state index in [2.05, 4.69) is 13.8 Å². The number of esters is 1. The van der Waals surface area contributed by atoms with Gasteiger partial charge in [0.15, 0.2) is 24.2 Å². The Hall–Kier alpha value is -1.38. The molecule has 15 atom stereocenters. The van der Waals surface area contributed by atoms with Crippen molar-refractivity contribution >= 4 is 11.9 Å². The number of carboxylic acid groups (broad SMARTS) is 1. The molecular weight excluding hydrogens is 576 g/mol. The zero-order valence-electron chi connectivity index (χ0n) is 26.8. The summed E-state index contributed by atoms with van der Waals surface area (Å²) in [4.78, 5) is 22.8. The third kappa shape index (κ3) is 5.94. The maximum Gasteiger partial charge on any atom is 0.329 e. The molecule has 0 aromatic heterocycles. The number of carboxylic acids is 1. The van der Waals surface area contributed by atoms with Gasteiger partial charge in [0.05, 0.1) is 5.92 Å². The van der Waals surface area contributed by atoms with Gasteiger partial charge in [-0.25, -0.2) is 4.79 Å². The van der Waals surface area contributed by atoms with E-state index in [1.54, 1.807) is 13.8 Å². The average molecular weight is 629 g/mol. The minimum absolute atomic E-state index is 0.00391. The third-order valence-corrected chi connectivity index (χ3v) is 11.8. The topological polar surface area (TPSA) is 181 Å². The van der Waals surface area contributed by atoms with Crippen LogP contribution < -0.4 is 0 Å². The Labute approximate surface area is 259 Å². The van der Waals surface area contributed by atoms with E-state index in [1.807, 2.05) is 13.8 Å². The summed E-state index contributed by atoms with van der Waals surface area (Å²) >= 11 is 0. The summed E-state index contributed by atoms with van der Waals surface area (Å²) < 4.78 is 27.9. The van der Waals surface area contributed by atoms with Crippen molar-refractivity contribution in [2.45, 2.75) is 135 Å². The number of aliphatic carboxylic acids is 1. The SMILES string of the molecule is C[C@@H]1CCC2[C@@H](C)C(=O)O[C@@H]3O[C@](C)(O)CCC1[C@@]23O.C[C@H]1C(OCC(=O)O)O[C@@H]2O[C@](C)(O)CCC3[C@H](C)CCC1[C@]32O. The van der Waals surface area contributed by atoms with Crippen LogP contribution in [-0.4, -0.2) is 85.7 Å². The van der Waals surface area contributed by atoms with Crippen LogP contribution in [0.1, 0.15) is 92.9 Å². The van der Waals surface area contributed by atoms with Gasteiger partial charge in [-0.05, 0) is 76.0 Å². The van der Waals surface area contributed by atoms with Crippen LogP contribution in [0.2, 0.25) is 0 Å². The zero-order valence-corrected chi connectivity index (χ0v) is 26.8. The molecule has 44 heavy (non-hydrogen) atoms. The largest absolute Gasteiger partial charge is 0.480 e. The standard InChI is InChI=1S/C17H28O7.C15H24O5/c1-9-4-5-12-10(2)14(22-8-13(18)19)23-15-17(12,21)11(9)6-7-16(3,20)24-15;1-8-4-5-11-9(2)12(16)19-13-15(11,18)10(8)6-7-14(3,17)20-13/h9-12,14-15,20-21H,4-8H2,1-3H3,(H,18,19);8-11,13,17-18H,4-7H2,1-3H3/t9-,10-,11?,12?,14?,15-,16+,17-;8-,9-,10?,11?,13-,14+,15-/m11/s1. The molecule has 4 heterocycles. The number of hydrogen-bond acceptors (Lipinski definition) is 11. The van der Waals surface area contributed by atoms with Crippen molar-refractivity contribution in [3.8, 4) is 0 Å².